The molecule has 1 aliphatic heterocycles. The van der Waals surface area contributed by atoms with Gasteiger partial charge in [-0.1, -0.05) is 48.5 Å². The first-order valence-electron chi connectivity index (χ1n) is 9.10. The van der Waals surface area contributed by atoms with Crippen LogP contribution in [-0.4, -0.2) is 44.4 Å². The standard InChI is InChI=1S/C21H22N2O4/c1-26-20(24)19-10-13(11-22-19)23-21(25)27-12-18-16-8-4-2-6-14(16)15-7-3-5-9-17(15)18/h2-9,13,18-19,22H,10-12H2,1H3,(H,23,25)/t13-,19+/m0/s1. The van der Waals surface area contributed by atoms with E-state index in [4.69, 9.17) is 9.47 Å². The maximum Gasteiger partial charge on any atom is 0.407 e. The number of carbonyl (C=O) groups excluding carboxylic acids is 2. The first-order chi connectivity index (χ1) is 13.2. The SMILES string of the molecule is COC(=O)[C@H]1C[C@H](NC(=O)OCC2c3ccccc3-c3ccccc32)CN1. The van der Waals surface area contributed by atoms with Crippen LogP contribution in [-0.2, 0) is 14.3 Å². The highest BCUT2D eigenvalue weighted by molar-refractivity contribution is 5.79. The van der Waals surface area contributed by atoms with Crippen LogP contribution < -0.4 is 10.6 Å². The van der Waals surface area contributed by atoms with Crippen molar-refractivity contribution in [2.24, 2.45) is 0 Å². The van der Waals surface area contributed by atoms with Gasteiger partial charge in [-0.15, -0.1) is 0 Å². The number of hydrogen-bond acceptors (Lipinski definition) is 5. The second-order valence-corrected chi connectivity index (χ2v) is 6.89. The average molecular weight is 366 g/mol. The maximum atomic E-state index is 12.2. The molecule has 2 aromatic rings. The predicted molar refractivity (Wildman–Crippen MR) is 100 cm³/mol. The first-order valence-corrected chi connectivity index (χ1v) is 9.10. The van der Waals surface area contributed by atoms with Gasteiger partial charge in [-0.3, -0.25) is 4.79 Å². The molecule has 6 nitrogen and oxygen atoms in total. The molecule has 0 saturated carbocycles. The van der Waals surface area contributed by atoms with Crippen molar-refractivity contribution in [2.45, 2.75) is 24.4 Å². The van der Waals surface area contributed by atoms with E-state index in [-0.39, 0.29) is 30.6 Å². The monoisotopic (exact) mass is 366 g/mol. The normalized spacial score (nSPS) is 20.6. The summed E-state index contributed by atoms with van der Waals surface area (Å²) in [5.41, 5.74) is 4.76. The third kappa shape index (κ3) is 3.40. The largest absolute Gasteiger partial charge is 0.468 e. The zero-order valence-corrected chi connectivity index (χ0v) is 15.1. The van der Waals surface area contributed by atoms with E-state index in [1.165, 1.54) is 29.4 Å². The van der Waals surface area contributed by atoms with Gasteiger partial charge < -0.3 is 20.1 Å². The Balaban J connectivity index is 1.38. The quantitative estimate of drug-likeness (QED) is 0.813. The zero-order valence-electron chi connectivity index (χ0n) is 15.1. The Bertz CT molecular complexity index is 821. The van der Waals surface area contributed by atoms with Crippen molar-refractivity contribution < 1.29 is 19.1 Å². The molecule has 1 amide bonds. The molecule has 6 heteroatoms. The Morgan fingerprint density at radius 1 is 1.07 bits per heavy atom. The molecule has 2 N–H and O–H groups in total. The summed E-state index contributed by atoms with van der Waals surface area (Å²) < 4.78 is 10.3. The van der Waals surface area contributed by atoms with Crippen molar-refractivity contribution in [3.8, 4) is 11.1 Å². The van der Waals surface area contributed by atoms with Crippen LogP contribution >= 0.6 is 0 Å². The molecule has 0 aromatic heterocycles. The molecule has 0 unspecified atom stereocenters. The maximum absolute atomic E-state index is 12.2. The van der Waals surface area contributed by atoms with Crippen molar-refractivity contribution in [3.63, 3.8) is 0 Å². The van der Waals surface area contributed by atoms with E-state index in [9.17, 15) is 9.59 Å². The summed E-state index contributed by atoms with van der Waals surface area (Å²) in [7, 11) is 1.36. The molecule has 1 saturated heterocycles. The Labute approximate surface area is 157 Å². The van der Waals surface area contributed by atoms with Crippen LogP contribution in [0.3, 0.4) is 0 Å². The number of amides is 1. The molecule has 1 aliphatic carbocycles. The van der Waals surface area contributed by atoms with Crippen LogP contribution in [0.1, 0.15) is 23.5 Å². The minimum absolute atomic E-state index is 0.0349. The molecule has 27 heavy (non-hydrogen) atoms. The van der Waals surface area contributed by atoms with Crippen LogP contribution in [0.4, 0.5) is 4.79 Å². The molecule has 2 aromatic carbocycles. The van der Waals surface area contributed by atoms with Gasteiger partial charge >= 0.3 is 12.1 Å². The summed E-state index contributed by atoms with van der Waals surface area (Å²) in [6.07, 6.45) is 0.0332. The number of fused-ring (bicyclic) bond motifs is 3. The van der Waals surface area contributed by atoms with Crippen LogP contribution in [0.5, 0.6) is 0 Å². The van der Waals surface area contributed by atoms with Gasteiger partial charge in [-0.25, -0.2) is 4.79 Å². The van der Waals surface area contributed by atoms with Gasteiger partial charge in [0, 0.05) is 18.5 Å². The minimum Gasteiger partial charge on any atom is -0.468 e. The molecule has 0 bridgehead atoms. The summed E-state index contributed by atoms with van der Waals surface area (Å²) in [5, 5.41) is 5.87. The zero-order chi connectivity index (χ0) is 18.8. The molecule has 0 radical (unpaired) electrons. The van der Waals surface area contributed by atoms with Crippen molar-refractivity contribution >= 4 is 12.1 Å². The molecule has 2 aliphatic rings. The number of benzene rings is 2. The third-order valence-electron chi connectivity index (χ3n) is 5.28. The summed E-state index contributed by atoms with van der Waals surface area (Å²) in [6, 6.07) is 15.9. The van der Waals surface area contributed by atoms with E-state index < -0.39 is 6.09 Å². The van der Waals surface area contributed by atoms with Crippen LogP contribution in [0.2, 0.25) is 0 Å². The number of ether oxygens (including phenoxy) is 2. The van der Waals surface area contributed by atoms with E-state index in [1.54, 1.807) is 0 Å². The molecule has 2 atom stereocenters. The summed E-state index contributed by atoms with van der Waals surface area (Å²) in [4.78, 5) is 23.8. The lowest BCUT2D eigenvalue weighted by Crippen LogP contribution is -2.37. The number of esters is 1. The second kappa shape index (κ2) is 7.40. The number of hydrogen-bond donors (Lipinski definition) is 2. The van der Waals surface area contributed by atoms with Gasteiger partial charge in [-0.05, 0) is 28.7 Å². The van der Waals surface area contributed by atoms with E-state index in [1.807, 2.05) is 24.3 Å². The van der Waals surface area contributed by atoms with Gasteiger partial charge in [0.2, 0.25) is 0 Å². The van der Waals surface area contributed by atoms with E-state index in [0.717, 1.165) is 0 Å². The summed E-state index contributed by atoms with van der Waals surface area (Å²) in [6.45, 7) is 0.796. The van der Waals surface area contributed by atoms with Gasteiger partial charge in [-0.2, -0.15) is 0 Å². The molecular weight excluding hydrogens is 344 g/mol. The van der Waals surface area contributed by atoms with Crippen LogP contribution in [0.25, 0.3) is 11.1 Å². The highest BCUT2D eigenvalue weighted by atomic mass is 16.5. The number of alkyl carbamates (subject to hydrolysis) is 1. The lowest BCUT2D eigenvalue weighted by molar-refractivity contribution is -0.142. The van der Waals surface area contributed by atoms with Gasteiger partial charge in [0.25, 0.3) is 0 Å². The second-order valence-electron chi connectivity index (χ2n) is 6.89. The summed E-state index contributed by atoms with van der Waals surface area (Å²) in [5.74, 6) is -0.278. The molecular formula is C21H22N2O4. The Morgan fingerprint density at radius 3 is 2.33 bits per heavy atom. The Morgan fingerprint density at radius 2 is 1.70 bits per heavy atom. The molecule has 4 rings (SSSR count). The van der Waals surface area contributed by atoms with Gasteiger partial charge in [0.05, 0.1) is 7.11 Å². The molecule has 140 valence electrons. The highest BCUT2D eigenvalue weighted by Gasteiger charge is 2.32. The molecule has 1 fully saturated rings. The Hall–Kier alpha value is -2.86. The smallest absolute Gasteiger partial charge is 0.407 e. The van der Waals surface area contributed by atoms with Crippen LogP contribution in [0.15, 0.2) is 48.5 Å². The van der Waals surface area contributed by atoms with Crippen molar-refractivity contribution in [1.29, 1.82) is 0 Å². The van der Waals surface area contributed by atoms with E-state index in [0.29, 0.717) is 13.0 Å². The number of carbonyl (C=O) groups is 2. The topological polar surface area (TPSA) is 76.7 Å². The molecule has 1 heterocycles. The third-order valence-corrected chi connectivity index (χ3v) is 5.28. The first kappa shape index (κ1) is 17.5. The predicted octanol–water partition coefficient (Wildman–Crippen LogP) is 2.43. The number of methoxy groups -OCH3 is 1. The van der Waals surface area contributed by atoms with E-state index in [2.05, 4.69) is 34.9 Å². The number of nitrogens with one attached hydrogen (secondary N) is 2. The lowest BCUT2D eigenvalue weighted by Gasteiger charge is -2.16. The fraction of sp³-hybridized carbons (Fsp3) is 0.333. The fourth-order valence-corrected chi connectivity index (χ4v) is 3.97. The van der Waals surface area contributed by atoms with Crippen LogP contribution in [0, 0.1) is 0 Å². The molecule has 0 spiro atoms. The van der Waals surface area contributed by atoms with Crippen molar-refractivity contribution in [2.75, 3.05) is 20.3 Å². The lowest BCUT2D eigenvalue weighted by atomic mass is 9.98. The van der Waals surface area contributed by atoms with Crippen molar-refractivity contribution in [3.05, 3.63) is 59.7 Å². The Kier molecular flexibility index (Phi) is 4.81. The van der Waals surface area contributed by atoms with E-state index >= 15 is 0 Å². The highest BCUT2D eigenvalue weighted by Crippen LogP contribution is 2.44. The fourth-order valence-electron chi connectivity index (χ4n) is 3.97. The minimum atomic E-state index is -0.464. The van der Waals surface area contributed by atoms with Crippen molar-refractivity contribution in [1.82, 2.24) is 10.6 Å². The summed E-state index contributed by atoms with van der Waals surface area (Å²) >= 11 is 0. The van der Waals surface area contributed by atoms with Gasteiger partial charge in [0.15, 0.2) is 0 Å². The van der Waals surface area contributed by atoms with Gasteiger partial charge in [0.1, 0.15) is 12.6 Å². The average Bonchev–Trinajstić information content (AvgIpc) is 3.28. The number of rotatable bonds is 4.